The zero-order valence-electron chi connectivity index (χ0n) is 19.1. The van der Waals surface area contributed by atoms with E-state index in [9.17, 15) is 10.2 Å². The van der Waals surface area contributed by atoms with Crippen LogP contribution in [0.25, 0.3) is 17.1 Å². The molecule has 2 aromatic heterocycles. The number of aromatic hydroxyl groups is 2. The molecule has 0 saturated carbocycles. The molecule has 0 aliphatic heterocycles. The van der Waals surface area contributed by atoms with E-state index >= 15 is 0 Å². The molecule has 0 amide bonds. The fraction of sp³-hybridized carbons (Fsp3) is 0.240. The number of phenols is 2. The first-order valence-electron chi connectivity index (χ1n) is 10.7. The molecule has 0 saturated heterocycles. The average molecular weight is 462 g/mol. The summed E-state index contributed by atoms with van der Waals surface area (Å²) in [5, 5.41) is 31.3. The van der Waals surface area contributed by atoms with Gasteiger partial charge in [-0.15, -0.1) is 10.2 Å². The number of benzene rings is 2. The summed E-state index contributed by atoms with van der Waals surface area (Å²) in [6, 6.07) is 17.1. The van der Waals surface area contributed by atoms with Crippen LogP contribution in [0.15, 0.2) is 71.0 Å². The van der Waals surface area contributed by atoms with Gasteiger partial charge in [-0.1, -0.05) is 32.0 Å². The van der Waals surface area contributed by atoms with Gasteiger partial charge in [0.2, 0.25) is 5.16 Å². The second-order valence-corrected chi connectivity index (χ2v) is 9.39. The lowest BCUT2D eigenvalue weighted by Gasteiger charge is -2.15. The summed E-state index contributed by atoms with van der Waals surface area (Å²) in [5.41, 5.74) is 3.30. The highest BCUT2D eigenvalue weighted by Gasteiger charge is 2.22. The van der Waals surface area contributed by atoms with Gasteiger partial charge in [-0.25, -0.2) is 4.98 Å². The molecule has 4 rings (SSSR count). The molecule has 0 spiro atoms. The third-order valence-electron chi connectivity index (χ3n) is 5.17. The lowest BCUT2D eigenvalue weighted by molar-refractivity contribution is 0.402. The van der Waals surface area contributed by atoms with Crippen LogP contribution >= 0.6 is 11.8 Å². The Labute approximate surface area is 197 Å². The fourth-order valence-corrected chi connectivity index (χ4v) is 4.41. The van der Waals surface area contributed by atoms with Crippen molar-refractivity contribution in [2.75, 3.05) is 14.1 Å². The molecule has 7 nitrogen and oxygen atoms in total. The Bertz CT molecular complexity index is 1240. The lowest BCUT2D eigenvalue weighted by Crippen LogP contribution is -2.10. The molecule has 0 radical (unpaired) electrons. The second-order valence-electron chi connectivity index (χ2n) is 8.40. The van der Waals surface area contributed by atoms with Crippen molar-refractivity contribution in [3.05, 3.63) is 71.9 Å². The first kappa shape index (κ1) is 22.8. The van der Waals surface area contributed by atoms with Gasteiger partial charge in [-0.3, -0.25) is 4.57 Å². The fourth-order valence-electron chi connectivity index (χ4n) is 3.60. The van der Waals surface area contributed by atoms with Gasteiger partial charge in [-0.05, 0) is 73.2 Å². The van der Waals surface area contributed by atoms with Crippen LogP contribution in [0.5, 0.6) is 11.5 Å². The van der Waals surface area contributed by atoms with Gasteiger partial charge in [0.15, 0.2) is 5.82 Å². The molecule has 4 aromatic rings. The van der Waals surface area contributed by atoms with Crippen molar-refractivity contribution < 1.29 is 10.2 Å². The van der Waals surface area contributed by atoms with Crippen LogP contribution in [0.1, 0.15) is 30.9 Å². The molecule has 0 atom stereocenters. The average Bonchev–Trinajstić information content (AvgIpc) is 3.17. The Morgan fingerprint density at radius 1 is 0.970 bits per heavy atom. The largest absolute Gasteiger partial charge is 0.508 e. The van der Waals surface area contributed by atoms with E-state index in [0.29, 0.717) is 16.5 Å². The quantitative estimate of drug-likeness (QED) is 0.397. The van der Waals surface area contributed by atoms with E-state index in [2.05, 4.69) is 32.2 Å². The Hall–Kier alpha value is -3.36. The van der Waals surface area contributed by atoms with E-state index in [-0.39, 0.29) is 17.4 Å². The van der Waals surface area contributed by atoms with Crippen LogP contribution in [-0.2, 0) is 6.54 Å². The van der Waals surface area contributed by atoms with Crippen molar-refractivity contribution >= 4 is 11.8 Å². The number of nitrogens with zero attached hydrogens (tertiary/aromatic N) is 5. The van der Waals surface area contributed by atoms with Gasteiger partial charge in [-0.2, -0.15) is 0 Å². The van der Waals surface area contributed by atoms with Crippen LogP contribution in [-0.4, -0.2) is 49.0 Å². The van der Waals surface area contributed by atoms with E-state index in [4.69, 9.17) is 0 Å². The van der Waals surface area contributed by atoms with Crippen LogP contribution < -0.4 is 0 Å². The van der Waals surface area contributed by atoms with E-state index in [1.807, 2.05) is 62.8 Å². The number of phenolic OH excluding ortho intramolecular Hbond substituents is 2. The van der Waals surface area contributed by atoms with Crippen molar-refractivity contribution in [3.8, 4) is 28.6 Å². The molecule has 2 N–H and O–H groups in total. The molecule has 170 valence electrons. The summed E-state index contributed by atoms with van der Waals surface area (Å²) in [5.74, 6) is 0.583. The van der Waals surface area contributed by atoms with Crippen molar-refractivity contribution in [3.63, 3.8) is 0 Å². The van der Waals surface area contributed by atoms with Gasteiger partial charge in [0.25, 0.3) is 0 Å². The van der Waals surface area contributed by atoms with Crippen molar-refractivity contribution in [2.45, 2.75) is 36.5 Å². The molecule has 0 fully saturated rings. The normalized spacial score (nSPS) is 11.5. The minimum absolute atomic E-state index is 0.0517. The molecule has 0 bridgehead atoms. The van der Waals surface area contributed by atoms with Gasteiger partial charge in [0.05, 0.1) is 5.56 Å². The molecule has 0 aliphatic carbocycles. The van der Waals surface area contributed by atoms with E-state index < -0.39 is 0 Å². The summed E-state index contributed by atoms with van der Waals surface area (Å²) < 4.78 is 1.91. The monoisotopic (exact) mass is 461 g/mol. The Kier molecular flexibility index (Phi) is 6.67. The van der Waals surface area contributed by atoms with Crippen LogP contribution in [0, 0.1) is 0 Å². The third kappa shape index (κ3) is 5.02. The summed E-state index contributed by atoms with van der Waals surface area (Å²) in [4.78, 5) is 6.51. The van der Waals surface area contributed by atoms with Gasteiger partial charge < -0.3 is 15.1 Å². The van der Waals surface area contributed by atoms with Crippen LogP contribution in [0.2, 0.25) is 0 Å². The van der Waals surface area contributed by atoms with Gasteiger partial charge in [0, 0.05) is 24.5 Å². The first-order valence-corrected chi connectivity index (χ1v) is 11.5. The highest BCUT2D eigenvalue weighted by atomic mass is 32.2. The standard InChI is InChI=1S/C25H27N5O2S/c1-16(2)19-13-20(22(32)14-21(19)31)24-27-28-25(33-23-7-5-6-12-26-23)30(24)18-10-8-17(9-11-18)15-29(3)4/h5-14,16,31-32H,15H2,1-4H3. The second kappa shape index (κ2) is 9.64. The predicted octanol–water partition coefficient (Wildman–Crippen LogP) is 5.08. The summed E-state index contributed by atoms with van der Waals surface area (Å²) in [6.07, 6.45) is 1.74. The zero-order chi connectivity index (χ0) is 23.5. The maximum absolute atomic E-state index is 10.7. The maximum atomic E-state index is 10.7. The lowest BCUT2D eigenvalue weighted by atomic mass is 9.98. The molecule has 2 aromatic carbocycles. The van der Waals surface area contributed by atoms with Crippen molar-refractivity contribution in [1.82, 2.24) is 24.6 Å². The first-order chi connectivity index (χ1) is 15.8. The van der Waals surface area contributed by atoms with Gasteiger partial charge >= 0.3 is 0 Å². The molecule has 2 heterocycles. The molecule has 0 unspecified atom stereocenters. The molecular weight excluding hydrogens is 434 g/mol. The third-order valence-corrected chi connectivity index (χ3v) is 6.07. The number of hydrogen-bond acceptors (Lipinski definition) is 7. The van der Waals surface area contributed by atoms with Crippen LogP contribution in [0.3, 0.4) is 0 Å². The topological polar surface area (TPSA) is 87.3 Å². The summed E-state index contributed by atoms with van der Waals surface area (Å²) in [7, 11) is 4.07. The molecular formula is C25H27N5O2S. The van der Waals surface area contributed by atoms with E-state index in [1.165, 1.54) is 23.4 Å². The summed E-state index contributed by atoms with van der Waals surface area (Å²) in [6.45, 7) is 4.82. The molecule has 8 heteroatoms. The van der Waals surface area contributed by atoms with E-state index in [0.717, 1.165) is 22.8 Å². The Balaban J connectivity index is 1.86. The zero-order valence-corrected chi connectivity index (χ0v) is 19.9. The SMILES string of the molecule is CC(C)c1cc(-c2nnc(Sc3ccccn3)n2-c2ccc(CN(C)C)cc2)c(O)cc1O. The van der Waals surface area contributed by atoms with Crippen LogP contribution in [0.4, 0.5) is 0 Å². The van der Waals surface area contributed by atoms with Crippen molar-refractivity contribution in [2.24, 2.45) is 0 Å². The number of rotatable bonds is 7. The number of pyridine rings is 1. The summed E-state index contributed by atoms with van der Waals surface area (Å²) >= 11 is 1.40. The van der Waals surface area contributed by atoms with E-state index in [1.54, 1.807) is 12.3 Å². The molecule has 33 heavy (non-hydrogen) atoms. The minimum atomic E-state index is -0.0517. The maximum Gasteiger partial charge on any atom is 0.202 e. The Morgan fingerprint density at radius 2 is 1.73 bits per heavy atom. The van der Waals surface area contributed by atoms with Crippen molar-refractivity contribution in [1.29, 1.82) is 0 Å². The molecule has 0 aliphatic rings. The number of hydrogen-bond donors (Lipinski definition) is 2. The number of aromatic nitrogens is 4. The predicted molar refractivity (Wildman–Crippen MR) is 130 cm³/mol. The highest BCUT2D eigenvalue weighted by molar-refractivity contribution is 7.99. The highest BCUT2D eigenvalue weighted by Crippen LogP contribution is 2.39. The minimum Gasteiger partial charge on any atom is -0.508 e. The van der Waals surface area contributed by atoms with Gasteiger partial charge in [0.1, 0.15) is 16.5 Å². The smallest absolute Gasteiger partial charge is 0.202 e. The Morgan fingerprint density at radius 3 is 2.36 bits per heavy atom.